The predicted octanol–water partition coefficient (Wildman–Crippen LogP) is 4.85. The number of para-hydroxylation sites is 1. The number of fused-ring (bicyclic) bond motifs is 1. The molecular weight excluding hydrogens is 383 g/mol. The number of nitrogens with one attached hydrogen (secondary N) is 2. The number of esters is 1. The number of carbonyl (C=O) groups is 2. The molecule has 5 nitrogen and oxygen atoms in total. The van der Waals surface area contributed by atoms with Gasteiger partial charge in [-0.15, -0.1) is 0 Å². The Labute approximate surface area is 166 Å². The maximum atomic E-state index is 13.1. The lowest BCUT2D eigenvalue weighted by atomic mass is 10.1. The number of hydrogen-bond acceptors (Lipinski definition) is 3. The van der Waals surface area contributed by atoms with Crippen LogP contribution in [0.5, 0.6) is 0 Å². The molecule has 7 heteroatoms. The van der Waals surface area contributed by atoms with Crippen molar-refractivity contribution in [2.75, 3.05) is 5.32 Å². The molecule has 1 amide bonds. The van der Waals surface area contributed by atoms with Gasteiger partial charge < -0.3 is 15.0 Å². The average Bonchev–Trinajstić information content (AvgIpc) is 3.07. The lowest BCUT2D eigenvalue weighted by Gasteiger charge is -2.14. The fourth-order valence-electron chi connectivity index (χ4n) is 2.90. The van der Waals surface area contributed by atoms with Gasteiger partial charge in [0.1, 0.15) is 5.82 Å². The summed E-state index contributed by atoms with van der Waals surface area (Å²) in [6, 6.07) is 11.6. The van der Waals surface area contributed by atoms with Crippen LogP contribution >= 0.6 is 11.6 Å². The Morgan fingerprint density at radius 1 is 1.25 bits per heavy atom. The van der Waals surface area contributed by atoms with E-state index in [2.05, 4.69) is 10.3 Å². The van der Waals surface area contributed by atoms with Gasteiger partial charge in [-0.1, -0.05) is 29.8 Å². The van der Waals surface area contributed by atoms with Crippen LogP contribution in [0.1, 0.15) is 25.3 Å². The van der Waals surface area contributed by atoms with E-state index in [0.29, 0.717) is 6.42 Å². The van der Waals surface area contributed by atoms with Gasteiger partial charge in [0.2, 0.25) is 0 Å². The van der Waals surface area contributed by atoms with Crippen molar-refractivity contribution >= 4 is 40.1 Å². The summed E-state index contributed by atoms with van der Waals surface area (Å²) in [5, 5.41) is 3.74. The Morgan fingerprint density at radius 2 is 2.04 bits per heavy atom. The van der Waals surface area contributed by atoms with Crippen LogP contribution in [0.25, 0.3) is 10.9 Å². The second-order valence-corrected chi connectivity index (χ2v) is 6.87. The molecule has 0 radical (unpaired) electrons. The van der Waals surface area contributed by atoms with Crippen LogP contribution in [0.2, 0.25) is 5.02 Å². The summed E-state index contributed by atoms with van der Waals surface area (Å²) < 4.78 is 18.2. The quantitative estimate of drug-likeness (QED) is 0.555. The Hall–Kier alpha value is -2.86. The van der Waals surface area contributed by atoms with Crippen molar-refractivity contribution < 1.29 is 18.7 Å². The first kappa shape index (κ1) is 19.9. The van der Waals surface area contributed by atoms with Crippen LogP contribution in [0.4, 0.5) is 10.1 Å². The summed E-state index contributed by atoms with van der Waals surface area (Å²) >= 11 is 5.88. The van der Waals surface area contributed by atoms with Gasteiger partial charge in [-0.05, 0) is 49.6 Å². The van der Waals surface area contributed by atoms with Gasteiger partial charge in [0, 0.05) is 23.5 Å². The number of aromatic amines is 1. The summed E-state index contributed by atoms with van der Waals surface area (Å²) in [5.74, 6) is -1.48. The highest BCUT2D eigenvalue weighted by molar-refractivity contribution is 6.33. The van der Waals surface area contributed by atoms with Gasteiger partial charge in [-0.25, -0.2) is 4.39 Å². The van der Waals surface area contributed by atoms with Crippen LogP contribution in [0.3, 0.4) is 0 Å². The van der Waals surface area contributed by atoms with Crippen molar-refractivity contribution in [2.24, 2.45) is 0 Å². The van der Waals surface area contributed by atoms with Gasteiger partial charge >= 0.3 is 5.97 Å². The molecular formula is C21H20ClFN2O3. The molecule has 146 valence electrons. The van der Waals surface area contributed by atoms with Gasteiger partial charge in [0.05, 0.1) is 10.7 Å². The first-order valence-electron chi connectivity index (χ1n) is 8.94. The van der Waals surface area contributed by atoms with Crippen molar-refractivity contribution in [3.05, 3.63) is 65.1 Å². The molecule has 1 heterocycles. The number of carbonyl (C=O) groups excluding carboxylic acids is 2. The van der Waals surface area contributed by atoms with Crippen molar-refractivity contribution in [3.8, 4) is 0 Å². The molecule has 0 spiro atoms. The molecule has 0 unspecified atom stereocenters. The number of halogens is 2. The third-order valence-electron chi connectivity index (χ3n) is 4.37. The molecule has 3 aromatic rings. The maximum Gasteiger partial charge on any atom is 0.306 e. The molecule has 0 aliphatic heterocycles. The Morgan fingerprint density at radius 3 is 2.82 bits per heavy atom. The van der Waals surface area contributed by atoms with E-state index in [0.717, 1.165) is 29.0 Å². The number of amides is 1. The molecule has 0 bridgehead atoms. The first-order chi connectivity index (χ1) is 13.4. The monoisotopic (exact) mass is 402 g/mol. The summed E-state index contributed by atoms with van der Waals surface area (Å²) in [7, 11) is 0. The Kier molecular flexibility index (Phi) is 6.31. The molecule has 28 heavy (non-hydrogen) atoms. The van der Waals surface area contributed by atoms with E-state index < -0.39 is 23.8 Å². The molecule has 2 N–H and O–H groups in total. The second-order valence-electron chi connectivity index (χ2n) is 6.46. The predicted molar refractivity (Wildman–Crippen MR) is 107 cm³/mol. The van der Waals surface area contributed by atoms with Crippen LogP contribution in [0, 0.1) is 5.82 Å². The molecule has 2 aromatic carbocycles. The summed E-state index contributed by atoms with van der Waals surface area (Å²) in [5.41, 5.74) is 2.46. The number of aromatic nitrogens is 1. The average molecular weight is 403 g/mol. The molecule has 3 rings (SSSR count). The molecule has 0 aliphatic carbocycles. The minimum atomic E-state index is -0.985. The largest absolute Gasteiger partial charge is 0.453 e. The lowest BCUT2D eigenvalue weighted by molar-refractivity contribution is -0.153. The van der Waals surface area contributed by atoms with E-state index in [-0.39, 0.29) is 17.1 Å². The SMILES string of the molecule is C[C@@H](OC(=O)CCCc1c[nH]c2ccccc12)C(=O)Nc1ccc(F)cc1Cl. The highest BCUT2D eigenvalue weighted by Crippen LogP contribution is 2.23. The Bertz CT molecular complexity index is 1000. The lowest BCUT2D eigenvalue weighted by Crippen LogP contribution is -2.30. The molecule has 0 saturated carbocycles. The highest BCUT2D eigenvalue weighted by atomic mass is 35.5. The van der Waals surface area contributed by atoms with Crippen LogP contribution in [-0.2, 0) is 20.7 Å². The van der Waals surface area contributed by atoms with E-state index in [1.807, 2.05) is 30.5 Å². The highest BCUT2D eigenvalue weighted by Gasteiger charge is 2.19. The van der Waals surface area contributed by atoms with Crippen LogP contribution < -0.4 is 5.32 Å². The van der Waals surface area contributed by atoms with Gasteiger partial charge in [0.15, 0.2) is 6.10 Å². The van der Waals surface area contributed by atoms with Gasteiger partial charge in [-0.3, -0.25) is 9.59 Å². The number of hydrogen-bond donors (Lipinski definition) is 2. The smallest absolute Gasteiger partial charge is 0.306 e. The van der Waals surface area contributed by atoms with E-state index in [9.17, 15) is 14.0 Å². The fraction of sp³-hybridized carbons (Fsp3) is 0.238. The summed E-state index contributed by atoms with van der Waals surface area (Å²) in [6.45, 7) is 1.48. The van der Waals surface area contributed by atoms with Crippen molar-refractivity contribution in [2.45, 2.75) is 32.3 Å². The van der Waals surface area contributed by atoms with Crippen molar-refractivity contribution in [3.63, 3.8) is 0 Å². The number of ether oxygens (including phenoxy) is 1. The number of anilines is 1. The standard InChI is InChI=1S/C21H20ClFN2O3/c1-13(21(27)25-19-10-9-15(23)11-17(19)22)28-20(26)8-4-5-14-12-24-18-7-3-2-6-16(14)18/h2-3,6-7,9-13,24H,4-5,8H2,1H3,(H,25,27)/t13-/m1/s1. The molecule has 0 aliphatic rings. The summed E-state index contributed by atoms with van der Waals surface area (Å²) in [4.78, 5) is 27.4. The number of aryl methyl sites for hydroxylation is 1. The molecule has 0 saturated heterocycles. The topological polar surface area (TPSA) is 71.2 Å². The van der Waals surface area contributed by atoms with E-state index in [1.54, 1.807) is 0 Å². The third-order valence-corrected chi connectivity index (χ3v) is 4.68. The van der Waals surface area contributed by atoms with E-state index >= 15 is 0 Å². The second kappa shape index (κ2) is 8.89. The number of rotatable bonds is 7. The third kappa shape index (κ3) is 4.89. The number of H-pyrrole nitrogens is 1. The first-order valence-corrected chi connectivity index (χ1v) is 9.32. The number of benzene rings is 2. The normalized spacial score (nSPS) is 12.0. The van der Waals surface area contributed by atoms with Crippen molar-refractivity contribution in [1.29, 1.82) is 0 Å². The van der Waals surface area contributed by atoms with Gasteiger partial charge in [0.25, 0.3) is 5.91 Å². The van der Waals surface area contributed by atoms with Crippen LogP contribution in [0.15, 0.2) is 48.7 Å². The van der Waals surface area contributed by atoms with Crippen molar-refractivity contribution in [1.82, 2.24) is 4.98 Å². The summed E-state index contributed by atoms with van der Waals surface area (Å²) in [6.07, 6.45) is 2.50. The zero-order chi connectivity index (χ0) is 20.1. The maximum absolute atomic E-state index is 13.1. The Balaban J connectivity index is 1.46. The molecule has 1 aromatic heterocycles. The zero-order valence-corrected chi connectivity index (χ0v) is 16.1. The minimum absolute atomic E-state index is 0.0746. The van der Waals surface area contributed by atoms with Gasteiger partial charge in [-0.2, -0.15) is 0 Å². The zero-order valence-electron chi connectivity index (χ0n) is 15.3. The minimum Gasteiger partial charge on any atom is -0.453 e. The van der Waals surface area contributed by atoms with Crippen LogP contribution in [-0.4, -0.2) is 23.0 Å². The molecule has 0 fully saturated rings. The van der Waals surface area contributed by atoms with E-state index in [4.69, 9.17) is 16.3 Å². The van der Waals surface area contributed by atoms with E-state index in [1.165, 1.54) is 19.1 Å². The molecule has 1 atom stereocenters. The fourth-order valence-corrected chi connectivity index (χ4v) is 3.11.